The van der Waals surface area contributed by atoms with Crippen LogP contribution in [-0.2, 0) is 30.4 Å². The monoisotopic (exact) mass is 552 g/mol. The fourth-order valence-electron chi connectivity index (χ4n) is 3.24. The van der Waals surface area contributed by atoms with Gasteiger partial charge in [-0.05, 0) is 30.5 Å². The lowest BCUT2D eigenvalue weighted by Gasteiger charge is -2.16. The zero-order valence-corrected chi connectivity index (χ0v) is 19.7. The first-order chi connectivity index (χ1) is 14.5. The quantitative estimate of drug-likeness (QED) is 0.299. The number of hydrogen-bond donors (Lipinski definition) is 2. The number of halogens is 4. The minimum Gasteiger partial charge on any atom is -0.376 e. The molecule has 0 amide bonds. The molecular formula is C20H28F3IN6O. The number of nitrogens with one attached hydrogen (secondary N) is 2. The number of alkyl halides is 3. The average Bonchev–Trinajstić information content (AvgIpc) is 3.41. The number of aromatic nitrogens is 3. The largest absolute Gasteiger partial charge is 0.416 e. The maximum Gasteiger partial charge on any atom is 0.416 e. The van der Waals surface area contributed by atoms with Crippen molar-refractivity contribution in [3.05, 3.63) is 47.5 Å². The van der Waals surface area contributed by atoms with Gasteiger partial charge in [0.1, 0.15) is 12.2 Å². The minimum absolute atomic E-state index is 0. The third kappa shape index (κ3) is 7.95. The third-order valence-electron chi connectivity index (χ3n) is 4.85. The Morgan fingerprint density at radius 3 is 2.87 bits per heavy atom. The van der Waals surface area contributed by atoms with Crippen LogP contribution in [0.15, 0.2) is 35.6 Å². The van der Waals surface area contributed by atoms with Gasteiger partial charge in [-0.1, -0.05) is 19.1 Å². The van der Waals surface area contributed by atoms with Crippen LogP contribution in [0.5, 0.6) is 0 Å². The van der Waals surface area contributed by atoms with E-state index in [2.05, 4.69) is 25.8 Å². The van der Waals surface area contributed by atoms with Crippen LogP contribution >= 0.6 is 24.0 Å². The van der Waals surface area contributed by atoms with E-state index in [-0.39, 0.29) is 36.6 Å². The van der Waals surface area contributed by atoms with E-state index in [1.807, 2.05) is 11.5 Å². The smallest absolute Gasteiger partial charge is 0.376 e. The fraction of sp³-hybridized carbons (Fsp3) is 0.550. The molecule has 1 saturated heterocycles. The molecule has 3 rings (SSSR count). The molecule has 1 aromatic heterocycles. The van der Waals surface area contributed by atoms with Gasteiger partial charge in [0.15, 0.2) is 5.96 Å². The van der Waals surface area contributed by atoms with Crippen LogP contribution in [0.2, 0.25) is 0 Å². The van der Waals surface area contributed by atoms with Gasteiger partial charge >= 0.3 is 6.18 Å². The summed E-state index contributed by atoms with van der Waals surface area (Å²) in [6.07, 6.45) is 0.232. The molecule has 1 fully saturated rings. The number of hydrogen-bond acceptors (Lipinski definition) is 4. The molecular weight excluding hydrogens is 524 g/mol. The maximum atomic E-state index is 12.9. The summed E-state index contributed by atoms with van der Waals surface area (Å²) in [4.78, 5) is 4.47. The number of aryl methyl sites for hydroxylation is 1. The molecule has 0 aliphatic carbocycles. The van der Waals surface area contributed by atoms with Crippen LogP contribution in [-0.4, -0.2) is 46.5 Å². The van der Waals surface area contributed by atoms with Crippen molar-refractivity contribution in [3.63, 3.8) is 0 Å². The molecule has 2 N–H and O–H groups in total. The maximum absolute atomic E-state index is 12.9. The second kappa shape index (κ2) is 12.2. The molecule has 31 heavy (non-hydrogen) atoms. The summed E-state index contributed by atoms with van der Waals surface area (Å²) in [6, 6.07) is 5.23. The minimum atomic E-state index is -4.37. The van der Waals surface area contributed by atoms with Crippen molar-refractivity contribution in [2.75, 3.05) is 19.7 Å². The Balaban J connectivity index is 0.00000341. The molecule has 11 heteroatoms. The van der Waals surface area contributed by atoms with Crippen molar-refractivity contribution in [2.45, 2.75) is 51.6 Å². The Hall–Kier alpha value is -1.89. The number of aliphatic imine (C=N–C) groups is 1. The van der Waals surface area contributed by atoms with E-state index in [1.165, 1.54) is 6.07 Å². The van der Waals surface area contributed by atoms with Crippen LogP contribution in [0.1, 0.15) is 36.7 Å². The van der Waals surface area contributed by atoms with Crippen molar-refractivity contribution in [3.8, 4) is 0 Å². The van der Waals surface area contributed by atoms with E-state index in [1.54, 1.807) is 12.4 Å². The SMILES string of the molecule is CCc1nncn1CCNC(=NCc1cccc(C(F)(F)F)c1)NCC1CCCO1.I. The van der Waals surface area contributed by atoms with Crippen LogP contribution in [0.3, 0.4) is 0 Å². The zero-order valence-electron chi connectivity index (χ0n) is 17.4. The second-order valence-electron chi connectivity index (χ2n) is 7.10. The van der Waals surface area contributed by atoms with Crippen LogP contribution in [0.25, 0.3) is 0 Å². The topological polar surface area (TPSA) is 76.4 Å². The van der Waals surface area contributed by atoms with Crippen LogP contribution < -0.4 is 10.6 Å². The van der Waals surface area contributed by atoms with Gasteiger partial charge in [-0.25, -0.2) is 4.99 Å². The predicted octanol–water partition coefficient (Wildman–Crippen LogP) is 3.39. The molecule has 7 nitrogen and oxygen atoms in total. The Morgan fingerprint density at radius 2 is 2.16 bits per heavy atom. The first-order valence-electron chi connectivity index (χ1n) is 10.1. The molecule has 2 aromatic rings. The van der Waals surface area contributed by atoms with E-state index in [0.29, 0.717) is 31.2 Å². The Labute approximate surface area is 196 Å². The molecule has 1 aromatic carbocycles. The zero-order chi connectivity index (χ0) is 21.4. The van der Waals surface area contributed by atoms with E-state index in [0.717, 1.165) is 43.8 Å². The summed E-state index contributed by atoms with van der Waals surface area (Å²) in [6.45, 7) is 4.73. The molecule has 1 unspecified atom stereocenters. The molecule has 2 heterocycles. The van der Waals surface area contributed by atoms with E-state index < -0.39 is 11.7 Å². The average molecular weight is 552 g/mol. The summed E-state index contributed by atoms with van der Waals surface area (Å²) < 4.78 is 46.4. The molecule has 0 saturated carbocycles. The number of nitrogens with zero attached hydrogens (tertiary/aromatic N) is 4. The van der Waals surface area contributed by atoms with Crippen LogP contribution in [0, 0.1) is 0 Å². The molecule has 1 atom stereocenters. The molecule has 0 bridgehead atoms. The van der Waals surface area contributed by atoms with Crippen LogP contribution in [0.4, 0.5) is 13.2 Å². The highest BCUT2D eigenvalue weighted by molar-refractivity contribution is 14.0. The fourth-order valence-corrected chi connectivity index (χ4v) is 3.24. The highest BCUT2D eigenvalue weighted by Crippen LogP contribution is 2.29. The van der Waals surface area contributed by atoms with Gasteiger partial charge in [-0.3, -0.25) is 0 Å². The van der Waals surface area contributed by atoms with Crippen molar-refractivity contribution in [1.82, 2.24) is 25.4 Å². The summed E-state index contributed by atoms with van der Waals surface area (Å²) in [5.74, 6) is 1.43. The summed E-state index contributed by atoms with van der Waals surface area (Å²) in [5.41, 5.74) is -0.174. The molecule has 172 valence electrons. The lowest BCUT2D eigenvalue weighted by Crippen LogP contribution is -2.42. The first-order valence-corrected chi connectivity index (χ1v) is 10.1. The predicted molar refractivity (Wildman–Crippen MR) is 122 cm³/mol. The summed E-state index contributed by atoms with van der Waals surface area (Å²) >= 11 is 0. The van der Waals surface area contributed by atoms with Gasteiger partial charge in [0, 0.05) is 32.7 Å². The van der Waals surface area contributed by atoms with Gasteiger partial charge in [-0.15, -0.1) is 34.2 Å². The molecule has 0 spiro atoms. The first kappa shape index (κ1) is 25.4. The molecule has 1 aliphatic rings. The second-order valence-corrected chi connectivity index (χ2v) is 7.10. The standard InChI is InChI=1S/C20H27F3N6O.HI/c1-2-18-28-27-14-29(18)9-8-24-19(26-13-17-7-4-10-30-17)25-12-15-5-3-6-16(11-15)20(21,22)23;/h3,5-6,11,14,17H,2,4,7-10,12-13H2,1H3,(H2,24,25,26);1H. The molecule has 0 radical (unpaired) electrons. The number of guanidine groups is 1. The van der Waals surface area contributed by atoms with Crippen molar-refractivity contribution < 1.29 is 17.9 Å². The van der Waals surface area contributed by atoms with Gasteiger partial charge in [-0.2, -0.15) is 13.2 Å². The highest BCUT2D eigenvalue weighted by Gasteiger charge is 2.30. The normalized spacial score (nSPS) is 16.8. The highest BCUT2D eigenvalue weighted by atomic mass is 127. The number of rotatable bonds is 8. The van der Waals surface area contributed by atoms with E-state index in [9.17, 15) is 13.2 Å². The summed E-state index contributed by atoms with van der Waals surface area (Å²) in [5, 5.41) is 14.4. The van der Waals surface area contributed by atoms with Gasteiger partial charge in [0.25, 0.3) is 0 Å². The van der Waals surface area contributed by atoms with Gasteiger partial charge in [0.05, 0.1) is 18.2 Å². The van der Waals surface area contributed by atoms with E-state index >= 15 is 0 Å². The Kier molecular flexibility index (Phi) is 10.0. The lowest BCUT2D eigenvalue weighted by atomic mass is 10.1. The Morgan fingerprint density at radius 1 is 1.32 bits per heavy atom. The van der Waals surface area contributed by atoms with Crippen molar-refractivity contribution in [2.24, 2.45) is 4.99 Å². The van der Waals surface area contributed by atoms with Gasteiger partial charge < -0.3 is 19.9 Å². The lowest BCUT2D eigenvalue weighted by molar-refractivity contribution is -0.137. The van der Waals surface area contributed by atoms with Gasteiger partial charge in [0.2, 0.25) is 0 Å². The summed E-state index contributed by atoms with van der Waals surface area (Å²) in [7, 11) is 0. The van der Waals surface area contributed by atoms with Crippen molar-refractivity contribution >= 4 is 29.9 Å². The number of benzene rings is 1. The molecule has 1 aliphatic heterocycles. The van der Waals surface area contributed by atoms with Crippen molar-refractivity contribution in [1.29, 1.82) is 0 Å². The number of ether oxygens (including phenoxy) is 1. The van der Waals surface area contributed by atoms with E-state index in [4.69, 9.17) is 4.74 Å². The third-order valence-corrected chi connectivity index (χ3v) is 4.85. The Bertz CT molecular complexity index is 836.